The average molecular weight is 344 g/mol. The Labute approximate surface area is 152 Å². The molecule has 1 aliphatic carbocycles. The van der Waals surface area contributed by atoms with E-state index >= 15 is 0 Å². The van der Waals surface area contributed by atoms with E-state index in [1.54, 1.807) is 0 Å². The lowest BCUT2D eigenvalue weighted by Crippen LogP contribution is -2.54. The third kappa shape index (κ3) is 6.02. The molecule has 0 bridgehead atoms. The molecule has 1 fully saturated rings. The Kier molecular flexibility index (Phi) is 6.87. The maximum atomic E-state index is 10.1. The van der Waals surface area contributed by atoms with Crippen molar-refractivity contribution in [1.82, 2.24) is 5.32 Å². The second-order valence-electron chi connectivity index (χ2n) is 8.40. The summed E-state index contributed by atoms with van der Waals surface area (Å²) in [6.07, 6.45) is 4.48. The van der Waals surface area contributed by atoms with Crippen LogP contribution >= 0.6 is 0 Å². The summed E-state index contributed by atoms with van der Waals surface area (Å²) >= 11 is 0. The first-order chi connectivity index (χ1) is 11.9. The van der Waals surface area contributed by atoms with Crippen molar-refractivity contribution >= 4 is 0 Å². The number of aliphatic hydroxyl groups excluding tert-OH is 1. The van der Waals surface area contributed by atoms with Gasteiger partial charge >= 0.3 is 0 Å². The highest BCUT2D eigenvalue weighted by Crippen LogP contribution is 2.43. The summed E-state index contributed by atoms with van der Waals surface area (Å²) in [5.74, 6) is 1.45. The average Bonchev–Trinajstić information content (AvgIpc) is 2.56. The minimum Gasteiger partial charge on any atom is -0.494 e. The van der Waals surface area contributed by atoms with Crippen molar-refractivity contribution in [3.8, 4) is 11.8 Å². The van der Waals surface area contributed by atoms with Crippen LogP contribution in [0.15, 0.2) is 24.3 Å². The van der Waals surface area contributed by atoms with Crippen molar-refractivity contribution in [1.29, 1.82) is 5.26 Å². The third-order valence-corrected chi connectivity index (χ3v) is 5.03. The summed E-state index contributed by atoms with van der Waals surface area (Å²) in [4.78, 5) is 0. The van der Waals surface area contributed by atoms with Crippen molar-refractivity contribution in [3.05, 3.63) is 29.8 Å². The highest BCUT2D eigenvalue weighted by atomic mass is 16.5. The summed E-state index contributed by atoms with van der Waals surface area (Å²) in [6.45, 7) is 8.33. The molecule has 25 heavy (non-hydrogen) atoms. The molecule has 2 N–H and O–H groups in total. The van der Waals surface area contributed by atoms with Gasteiger partial charge in [0, 0.05) is 18.5 Å². The zero-order valence-corrected chi connectivity index (χ0v) is 15.8. The number of ether oxygens (including phenoxy) is 1. The largest absolute Gasteiger partial charge is 0.494 e. The molecule has 0 aliphatic heterocycles. The van der Waals surface area contributed by atoms with Crippen LogP contribution in [0.3, 0.4) is 0 Å². The monoisotopic (exact) mass is 344 g/mol. The number of benzene rings is 1. The standard InChI is InChI=1S/C21H32N2O2/c1-17-12-20(2,3)15-21(13-17,16-24)23-14-18-7-6-8-19(11-18)25-10-5-4-9-22/h6-8,11,17,23-24H,4-5,10,12-16H2,1-3H3/t17-,21+/m1/s1. The van der Waals surface area contributed by atoms with Crippen LogP contribution < -0.4 is 10.1 Å². The lowest BCUT2D eigenvalue weighted by Gasteiger charge is -2.47. The number of aliphatic hydroxyl groups is 1. The second-order valence-corrected chi connectivity index (χ2v) is 8.40. The molecule has 138 valence electrons. The summed E-state index contributed by atoms with van der Waals surface area (Å²) in [7, 11) is 0. The first-order valence-electron chi connectivity index (χ1n) is 9.33. The van der Waals surface area contributed by atoms with Gasteiger partial charge < -0.3 is 15.2 Å². The van der Waals surface area contributed by atoms with Gasteiger partial charge in [0.15, 0.2) is 0 Å². The first kappa shape index (κ1) is 19.8. The Bertz CT molecular complexity index is 594. The van der Waals surface area contributed by atoms with Crippen molar-refractivity contribution in [2.75, 3.05) is 13.2 Å². The molecule has 0 spiro atoms. The highest BCUT2D eigenvalue weighted by Gasteiger charge is 2.42. The van der Waals surface area contributed by atoms with Crippen LogP contribution in [-0.4, -0.2) is 23.9 Å². The summed E-state index contributed by atoms with van der Waals surface area (Å²) < 4.78 is 5.71. The van der Waals surface area contributed by atoms with Crippen LogP contribution in [0.1, 0.15) is 58.4 Å². The number of unbranched alkanes of at least 4 members (excludes halogenated alkanes) is 1. The van der Waals surface area contributed by atoms with Gasteiger partial charge in [-0.05, 0) is 54.7 Å². The summed E-state index contributed by atoms with van der Waals surface area (Å²) in [5, 5.41) is 22.3. The number of nitrogens with one attached hydrogen (secondary N) is 1. The second kappa shape index (κ2) is 8.69. The molecular weight excluding hydrogens is 312 g/mol. The molecular formula is C21H32N2O2. The minimum atomic E-state index is -0.204. The zero-order valence-electron chi connectivity index (χ0n) is 15.8. The Balaban J connectivity index is 1.96. The van der Waals surface area contributed by atoms with Crippen molar-refractivity contribution < 1.29 is 9.84 Å². The van der Waals surface area contributed by atoms with E-state index in [1.165, 1.54) is 6.42 Å². The molecule has 1 aromatic rings. The predicted molar refractivity (Wildman–Crippen MR) is 100 cm³/mol. The van der Waals surface area contributed by atoms with E-state index in [-0.39, 0.29) is 17.6 Å². The van der Waals surface area contributed by atoms with Gasteiger partial charge in [0.2, 0.25) is 0 Å². The van der Waals surface area contributed by atoms with E-state index < -0.39 is 0 Å². The number of hydrogen-bond donors (Lipinski definition) is 2. The van der Waals surface area contributed by atoms with Gasteiger partial charge in [-0.2, -0.15) is 5.26 Å². The van der Waals surface area contributed by atoms with E-state index in [0.717, 1.165) is 37.1 Å². The van der Waals surface area contributed by atoms with E-state index in [9.17, 15) is 5.11 Å². The molecule has 0 aromatic heterocycles. The lowest BCUT2D eigenvalue weighted by atomic mass is 9.64. The van der Waals surface area contributed by atoms with E-state index in [4.69, 9.17) is 10.00 Å². The third-order valence-electron chi connectivity index (χ3n) is 5.03. The maximum Gasteiger partial charge on any atom is 0.119 e. The number of nitriles is 1. The maximum absolute atomic E-state index is 10.1. The molecule has 0 amide bonds. The van der Waals surface area contributed by atoms with Crippen molar-refractivity contribution in [2.45, 2.75) is 65.0 Å². The van der Waals surface area contributed by atoms with E-state index in [2.05, 4.69) is 38.2 Å². The van der Waals surface area contributed by atoms with Crippen LogP contribution in [0, 0.1) is 22.7 Å². The van der Waals surface area contributed by atoms with Gasteiger partial charge in [0.05, 0.1) is 19.3 Å². The molecule has 0 unspecified atom stereocenters. The first-order valence-corrected chi connectivity index (χ1v) is 9.33. The Morgan fingerprint density at radius 2 is 2.16 bits per heavy atom. The van der Waals surface area contributed by atoms with Crippen LogP contribution in [0.4, 0.5) is 0 Å². The number of rotatable bonds is 8. The molecule has 0 radical (unpaired) electrons. The fourth-order valence-electron chi connectivity index (χ4n) is 4.43. The normalized spacial score (nSPS) is 25.3. The predicted octanol–water partition coefficient (Wildman–Crippen LogP) is 4.04. The van der Waals surface area contributed by atoms with Gasteiger partial charge in [-0.15, -0.1) is 0 Å². The van der Waals surface area contributed by atoms with Gasteiger partial charge in [0.25, 0.3) is 0 Å². The lowest BCUT2D eigenvalue weighted by molar-refractivity contribution is 0.0352. The van der Waals surface area contributed by atoms with Crippen molar-refractivity contribution in [2.24, 2.45) is 11.3 Å². The summed E-state index contributed by atoms with van der Waals surface area (Å²) in [5.41, 5.74) is 1.20. The molecule has 2 atom stereocenters. The van der Waals surface area contributed by atoms with E-state index in [0.29, 0.717) is 18.9 Å². The highest BCUT2D eigenvalue weighted by molar-refractivity contribution is 5.28. The Morgan fingerprint density at radius 3 is 2.84 bits per heavy atom. The molecule has 1 aliphatic rings. The van der Waals surface area contributed by atoms with Gasteiger partial charge in [-0.25, -0.2) is 0 Å². The molecule has 2 rings (SSSR count). The number of nitrogens with zero attached hydrogens (tertiary/aromatic N) is 1. The molecule has 0 heterocycles. The number of hydrogen-bond acceptors (Lipinski definition) is 4. The van der Waals surface area contributed by atoms with Crippen LogP contribution in [-0.2, 0) is 6.54 Å². The zero-order chi connectivity index (χ0) is 18.3. The van der Waals surface area contributed by atoms with Gasteiger partial charge in [0.1, 0.15) is 5.75 Å². The van der Waals surface area contributed by atoms with Crippen LogP contribution in [0.2, 0.25) is 0 Å². The van der Waals surface area contributed by atoms with Crippen molar-refractivity contribution in [3.63, 3.8) is 0 Å². The minimum absolute atomic E-state index is 0.172. The smallest absolute Gasteiger partial charge is 0.119 e. The van der Waals surface area contributed by atoms with Crippen LogP contribution in [0.5, 0.6) is 5.75 Å². The van der Waals surface area contributed by atoms with E-state index in [1.807, 2.05) is 18.2 Å². The topological polar surface area (TPSA) is 65.3 Å². The van der Waals surface area contributed by atoms with Gasteiger partial charge in [-0.1, -0.05) is 32.9 Å². The molecule has 4 nitrogen and oxygen atoms in total. The molecule has 1 aromatic carbocycles. The summed E-state index contributed by atoms with van der Waals surface area (Å²) in [6, 6.07) is 10.2. The van der Waals surface area contributed by atoms with Crippen LogP contribution in [0.25, 0.3) is 0 Å². The van der Waals surface area contributed by atoms with Gasteiger partial charge in [-0.3, -0.25) is 0 Å². The fraction of sp³-hybridized carbons (Fsp3) is 0.667. The fourth-order valence-corrected chi connectivity index (χ4v) is 4.43. The SMILES string of the molecule is C[C@@H]1CC(C)(C)C[C@@](CO)(NCc2cccc(OCCCC#N)c2)C1. The Hall–Kier alpha value is -1.57. The Morgan fingerprint density at radius 1 is 1.36 bits per heavy atom. The molecule has 4 heteroatoms. The quantitative estimate of drug-likeness (QED) is 0.699. The molecule has 0 saturated heterocycles. The molecule has 1 saturated carbocycles.